The number of hydrogen-bond acceptors (Lipinski definition) is 5. The average molecular weight is 487 g/mol. The summed E-state index contributed by atoms with van der Waals surface area (Å²) in [6.45, 7) is 0.915. The molecule has 0 saturated carbocycles. The Kier molecular flexibility index (Phi) is 6.15. The van der Waals surface area contributed by atoms with E-state index in [1.165, 1.54) is 19.2 Å². The van der Waals surface area contributed by atoms with Gasteiger partial charge in [0.15, 0.2) is 0 Å². The molecule has 182 valence electrons. The zero-order valence-electron chi connectivity index (χ0n) is 18.8. The number of nitrogens with one attached hydrogen (secondary N) is 1. The molecule has 7 nitrogen and oxygen atoms in total. The molecule has 2 aromatic carbocycles. The van der Waals surface area contributed by atoms with Gasteiger partial charge >= 0.3 is 6.18 Å². The van der Waals surface area contributed by atoms with Gasteiger partial charge in [-0.2, -0.15) is 23.5 Å². The highest BCUT2D eigenvalue weighted by Gasteiger charge is 2.40. The molecule has 2 atom stereocenters. The minimum atomic E-state index is -4.59. The fourth-order valence-electron chi connectivity index (χ4n) is 4.20. The fourth-order valence-corrected chi connectivity index (χ4v) is 4.20. The molecule has 1 aliphatic rings. The molecule has 3 N–H and O–H groups in total. The SMILES string of the molecule is COc1ccc(F)cc1C(=O)NC1CCc2cc(-c3nn(C(C)C(F)(F)F)c(N)c3C#N)ccc21. The molecule has 4 rings (SSSR count). The lowest BCUT2D eigenvalue weighted by atomic mass is 10.0. The summed E-state index contributed by atoms with van der Waals surface area (Å²) in [5.74, 6) is -1.19. The number of alkyl halides is 3. The molecule has 0 fully saturated rings. The van der Waals surface area contributed by atoms with Gasteiger partial charge in [0.2, 0.25) is 0 Å². The van der Waals surface area contributed by atoms with E-state index in [4.69, 9.17) is 10.5 Å². The Morgan fingerprint density at radius 1 is 1.31 bits per heavy atom. The van der Waals surface area contributed by atoms with Crippen LogP contribution in [-0.4, -0.2) is 29.0 Å². The maximum Gasteiger partial charge on any atom is 0.410 e. The molecule has 2 unspecified atom stereocenters. The molecular weight excluding hydrogens is 466 g/mol. The summed E-state index contributed by atoms with van der Waals surface area (Å²) < 4.78 is 59.1. The first-order valence-electron chi connectivity index (χ1n) is 10.7. The van der Waals surface area contributed by atoms with Crippen LogP contribution in [0.15, 0.2) is 36.4 Å². The van der Waals surface area contributed by atoms with Crippen LogP contribution in [0, 0.1) is 17.1 Å². The summed E-state index contributed by atoms with van der Waals surface area (Å²) in [4.78, 5) is 12.8. The van der Waals surface area contributed by atoms with Gasteiger partial charge in [0, 0.05) is 5.56 Å². The lowest BCUT2D eigenvalue weighted by Gasteiger charge is -2.17. The van der Waals surface area contributed by atoms with E-state index in [1.807, 2.05) is 6.07 Å². The molecule has 0 aliphatic heterocycles. The molecule has 0 spiro atoms. The fraction of sp³-hybridized carbons (Fsp3) is 0.292. The largest absolute Gasteiger partial charge is 0.496 e. The Balaban J connectivity index is 1.63. The van der Waals surface area contributed by atoms with Gasteiger partial charge in [-0.05, 0) is 55.2 Å². The van der Waals surface area contributed by atoms with Crippen molar-refractivity contribution >= 4 is 11.7 Å². The second-order valence-corrected chi connectivity index (χ2v) is 8.21. The third kappa shape index (κ3) is 4.39. The maximum atomic E-state index is 13.7. The number of amides is 1. The summed E-state index contributed by atoms with van der Waals surface area (Å²) in [6.07, 6.45) is -3.45. The van der Waals surface area contributed by atoms with Gasteiger partial charge in [-0.25, -0.2) is 9.07 Å². The van der Waals surface area contributed by atoms with Crippen LogP contribution in [0.1, 0.15) is 52.5 Å². The summed E-state index contributed by atoms with van der Waals surface area (Å²) in [5, 5.41) is 16.4. The lowest BCUT2D eigenvalue weighted by Crippen LogP contribution is -2.27. The third-order valence-electron chi connectivity index (χ3n) is 6.11. The van der Waals surface area contributed by atoms with Crippen molar-refractivity contribution in [2.24, 2.45) is 0 Å². The zero-order chi connectivity index (χ0) is 25.5. The van der Waals surface area contributed by atoms with Gasteiger partial charge in [-0.3, -0.25) is 4.79 Å². The number of carbonyl (C=O) groups is 1. The molecule has 1 heterocycles. The number of nitrogen functional groups attached to an aromatic ring is 1. The number of nitriles is 1. The normalized spacial score (nSPS) is 15.9. The van der Waals surface area contributed by atoms with Crippen LogP contribution in [0.25, 0.3) is 11.3 Å². The van der Waals surface area contributed by atoms with Crippen molar-refractivity contribution < 1.29 is 27.1 Å². The highest BCUT2D eigenvalue weighted by Crippen LogP contribution is 2.38. The summed E-state index contributed by atoms with van der Waals surface area (Å²) in [5.41, 5.74) is 7.91. The monoisotopic (exact) mass is 487 g/mol. The van der Waals surface area contributed by atoms with E-state index >= 15 is 0 Å². The number of nitrogens with two attached hydrogens (primary N) is 1. The number of aromatic nitrogens is 2. The van der Waals surface area contributed by atoms with Crippen LogP contribution in [0.2, 0.25) is 0 Å². The van der Waals surface area contributed by atoms with Crippen molar-refractivity contribution in [1.29, 1.82) is 5.26 Å². The number of ether oxygens (including phenoxy) is 1. The van der Waals surface area contributed by atoms with Gasteiger partial charge in [-0.1, -0.05) is 12.1 Å². The Labute approximate surface area is 198 Å². The van der Waals surface area contributed by atoms with Crippen molar-refractivity contribution in [3.05, 3.63) is 64.5 Å². The first-order valence-corrected chi connectivity index (χ1v) is 10.7. The van der Waals surface area contributed by atoms with E-state index in [9.17, 15) is 27.6 Å². The first kappa shape index (κ1) is 24.1. The first-order chi connectivity index (χ1) is 16.5. The summed E-state index contributed by atoms with van der Waals surface area (Å²) in [7, 11) is 1.38. The molecule has 3 aromatic rings. The maximum absolute atomic E-state index is 13.7. The molecule has 1 aromatic heterocycles. The topological polar surface area (TPSA) is 106 Å². The molecule has 0 radical (unpaired) electrons. The molecule has 11 heteroatoms. The second kappa shape index (κ2) is 8.94. The van der Waals surface area contributed by atoms with Gasteiger partial charge < -0.3 is 15.8 Å². The predicted molar refractivity (Wildman–Crippen MR) is 119 cm³/mol. The summed E-state index contributed by atoms with van der Waals surface area (Å²) >= 11 is 0. The van der Waals surface area contributed by atoms with E-state index in [1.54, 1.807) is 18.2 Å². The second-order valence-electron chi connectivity index (χ2n) is 8.21. The Hall–Kier alpha value is -4.07. The third-order valence-corrected chi connectivity index (χ3v) is 6.11. The zero-order valence-corrected chi connectivity index (χ0v) is 18.8. The van der Waals surface area contributed by atoms with Crippen molar-refractivity contribution in [2.45, 2.75) is 38.0 Å². The van der Waals surface area contributed by atoms with Crippen LogP contribution in [0.3, 0.4) is 0 Å². The Morgan fingerprint density at radius 2 is 2.06 bits per heavy atom. The van der Waals surface area contributed by atoms with Crippen LogP contribution in [0.5, 0.6) is 5.75 Å². The number of benzene rings is 2. The number of anilines is 1. The number of nitrogens with zero attached hydrogens (tertiary/aromatic N) is 3. The standard InChI is InChI=1S/C24H21F4N5O2/c1-12(24(26,27)28)33-22(30)18(11-29)21(32-33)14-3-6-16-13(9-14)4-7-19(16)31-23(34)17-10-15(25)5-8-20(17)35-2/h3,5-6,8-10,12,19H,4,7,30H2,1-2H3,(H,31,34). The minimum Gasteiger partial charge on any atom is -0.496 e. The molecule has 35 heavy (non-hydrogen) atoms. The van der Waals surface area contributed by atoms with Gasteiger partial charge in [-0.15, -0.1) is 0 Å². The van der Waals surface area contributed by atoms with E-state index in [2.05, 4.69) is 10.4 Å². The predicted octanol–water partition coefficient (Wildman–Crippen LogP) is 4.69. The van der Waals surface area contributed by atoms with E-state index in [-0.39, 0.29) is 34.4 Å². The molecule has 0 saturated heterocycles. The Bertz CT molecular complexity index is 1340. The number of fused-ring (bicyclic) bond motifs is 1. The number of carbonyl (C=O) groups excluding carboxylic acids is 1. The highest BCUT2D eigenvalue weighted by atomic mass is 19.4. The van der Waals surface area contributed by atoms with Gasteiger partial charge in [0.1, 0.15) is 40.8 Å². The molecule has 0 bridgehead atoms. The lowest BCUT2D eigenvalue weighted by molar-refractivity contribution is -0.164. The van der Waals surface area contributed by atoms with Crippen LogP contribution >= 0.6 is 0 Å². The van der Waals surface area contributed by atoms with Crippen LogP contribution in [0.4, 0.5) is 23.4 Å². The number of methoxy groups -OCH3 is 1. The highest BCUT2D eigenvalue weighted by molar-refractivity contribution is 5.97. The molecular formula is C24H21F4N5O2. The van der Waals surface area contributed by atoms with E-state index in [0.717, 1.165) is 24.1 Å². The number of rotatable bonds is 5. The van der Waals surface area contributed by atoms with Crippen LogP contribution in [-0.2, 0) is 6.42 Å². The van der Waals surface area contributed by atoms with Crippen molar-refractivity contribution in [1.82, 2.24) is 15.1 Å². The number of aryl methyl sites for hydroxylation is 1. The van der Waals surface area contributed by atoms with E-state index < -0.39 is 23.9 Å². The van der Waals surface area contributed by atoms with E-state index in [0.29, 0.717) is 23.1 Å². The van der Waals surface area contributed by atoms with Crippen molar-refractivity contribution in [3.63, 3.8) is 0 Å². The smallest absolute Gasteiger partial charge is 0.410 e. The number of halogens is 4. The van der Waals surface area contributed by atoms with Gasteiger partial charge in [0.05, 0.1) is 18.7 Å². The average Bonchev–Trinajstić information content (AvgIpc) is 3.37. The van der Waals surface area contributed by atoms with Gasteiger partial charge in [0.25, 0.3) is 5.91 Å². The molecule has 1 amide bonds. The van der Waals surface area contributed by atoms with Crippen molar-refractivity contribution in [2.75, 3.05) is 12.8 Å². The van der Waals surface area contributed by atoms with Crippen LogP contribution < -0.4 is 15.8 Å². The molecule has 1 aliphatic carbocycles. The minimum absolute atomic E-state index is 0.0564. The van der Waals surface area contributed by atoms with Crippen molar-refractivity contribution in [3.8, 4) is 23.1 Å². The number of hydrogen-bond donors (Lipinski definition) is 2. The Morgan fingerprint density at radius 3 is 2.71 bits per heavy atom. The quantitative estimate of drug-likeness (QED) is 0.508. The summed E-state index contributed by atoms with van der Waals surface area (Å²) in [6, 6.07) is 8.24.